The van der Waals surface area contributed by atoms with Crippen LogP contribution in [0.4, 0.5) is 5.69 Å². The van der Waals surface area contributed by atoms with Gasteiger partial charge in [-0.15, -0.1) is 11.8 Å². The second-order valence-electron chi connectivity index (χ2n) is 8.04. The fraction of sp³-hybridized carbons (Fsp3) is 0.385. The third-order valence-corrected chi connectivity index (χ3v) is 7.01. The average Bonchev–Trinajstić information content (AvgIpc) is 2.77. The number of rotatable bonds is 8. The molecule has 31 heavy (non-hydrogen) atoms. The van der Waals surface area contributed by atoms with Crippen molar-refractivity contribution in [2.75, 3.05) is 18.2 Å². The van der Waals surface area contributed by atoms with Crippen LogP contribution in [0.15, 0.2) is 65.2 Å². The molecule has 0 radical (unpaired) electrons. The summed E-state index contributed by atoms with van der Waals surface area (Å²) < 4.78 is 5.25. The summed E-state index contributed by atoms with van der Waals surface area (Å²) in [6, 6.07) is 16.2. The first-order valence-electron chi connectivity index (χ1n) is 10.8. The number of allylic oxidation sites excluding steroid dienone is 1. The van der Waals surface area contributed by atoms with Gasteiger partial charge in [0.25, 0.3) is 0 Å². The van der Waals surface area contributed by atoms with Crippen molar-refractivity contribution in [3.05, 3.63) is 71.3 Å². The molecule has 1 amide bonds. The molecule has 0 fully saturated rings. The minimum absolute atomic E-state index is 0.00848. The van der Waals surface area contributed by atoms with Gasteiger partial charge in [-0.1, -0.05) is 43.7 Å². The maximum absolute atomic E-state index is 12.6. The monoisotopic (exact) mass is 436 g/mol. The van der Waals surface area contributed by atoms with Gasteiger partial charge in [0.1, 0.15) is 11.1 Å². The molecule has 2 aromatic rings. The lowest BCUT2D eigenvalue weighted by Gasteiger charge is -2.27. The molecular formula is C26H32N2O2S. The zero-order chi connectivity index (χ0) is 22.4. The molecule has 3 rings (SSSR count). The Morgan fingerprint density at radius 1 is 1.16 bits per heavy atom. The highest BCUT2D eigenvalue weighted by atomic mass is 32.2. The van der Waals surface area contributed by atoms with Crippen LogP contribution in [0, 0.1) is 5.92 Å². The van der Waals surface area contributed by atoms with Gasteiger partial charge in [0.15, 0.2) is 0 Å². The average molecular weight is 437 g/mol. The third-order valence-electron chi connectivity index (χ3n) is 5.81. The molecule has 164 valence electrons. The molecule has 1 heterocycles. The van der Waals surface area contributed by atoms with Crippen LogP contribution in [-0.4, -0.2) is 29.9 Å². The Hall–Kier alpha value is -2.53. The lowest BCUT2D eigenvalue weighted by atomic mass is 9.93. The Morgan fingerprint density at radius 2 is 1.90 bits per heavy atom. The predicted octanol–water partition coefficient (Wildman–Crippen LogP) is 6.29. The molecule has 3 atom stereocenters. The second-order valence-corrected chi connectivity index (χ2v) is 9.15. The predicted molar refractivity (Wildman–Crippen MR) is 132 cm³/mol. The van der Waals surface area contributed by atoms with Crippen LogP contribution in [0.1, 0.15) is 51.2 Å². The van der Waals surface area contributed by atoms with Crippen molar-refractivity contribution in [2.24, 2.45) is 10.9 Å². The summed E-state index contributed by atoms with van der Waals surface area (Å²) in [5, 5.41) is 3.17. The van der Waals surface area contributed by atoms with Gasteiger partial charge in [0.05, 0.1) is 12.9 Å². The van der Waals surface area contributed by atoms with E-state index in [1.807, 2.05) is 31.2 Å². The molecule has 1 aliphatic heterocycles. The molecule has 4 nitrogen and oxygen atoms in total. The van der Waals surface area contributed by atoms with Crippen molar-refractivity contribution < 1.29 is 9.53 Å². The van der Waals surface area contributed by atoms with E-state index in [2.05, 4.69) is 56.4 Å². The number of benzene rings is 2. The number of thioether (sulfide) groups is 1. The molecule has 0 saturated carbocycles. The van der Waals surface area contributed by atoms with E-state index in [0.717, 1.165) is 29.1 Å². The molecule has 5 heteroatoms. The van der Waals surface area contributed by atoms with E-state index in [1.165, 1.54) is 11.1 Å². The summed E-state index contributed by atoms with van der Waals surface area (Å²) in [5.74, 6) is 1.87. The number of aliphatic imine (C=N–C) groups is 1. The van der Waals surface area contributed by atoms with E-state index in [9.17, 15) is 4.79 Å². The number of nitrogens with zero attached hydrogens (tertiary/aromatic N) is 1. The maximum Gasteiger partial charge on any atom is 0.234 e. The fourth-order valence-electron chi connectivity index (χ4n) is 4.00. The highest BCUT2D eigenvalue weighted by Crippen LogP contribution is 2.33. The molecule has 2 aromatic carbocycles. The van der Waals surface area contributed by atoms with Gasteiger partial charge in [-0.2, -0.15) is 0 Å². The first-order chi connectivity index (χ1) is 14.9. The second kappa shape index (κ2) is 10.7. The van der Waals surface area contributed by atoms with Gasteiger partial charge in [-0.3, -0.25) is 9.79 Å². The number of methoxy groups -OCH3 is 1. The number of hydrogen-bond acceptors (Lipinski definition) is 4. The van der Waals surface area contributed by atoms with Gasteiger partial charge in [-0.05, 0) is 61.7 Å². The standard InChI is InChI=1S/C26H32N2O2S/c1-6-24-17(2)14-18(3)27-26(24)31-16-25(29)28-22-9-7-8-21(15-22)19(4)20-10-12-23(30-5)13-11-20/h7-15,19,24,26H,6,16H2,1-5H3,(H,28,29). The topological polar surface area (TPSA) is 50.7 Å². The maximum atomic E-state index is 12.6. The number of amides is 1. The fourth-order valence-corrected chi connectivity index (χ4v) is 5.27. The minimum Gasteiger partial charge on any atom is -0.497 e. The molecule has 0 aromatic heterocycles. The summed E-state index contributed by atoms with van der Waals surface area (Å²) in [5.41, 5.74) is 5.60. The first kappa shape index (κ1) is 23.1. The van der Waals surface area contributed by atoms with Gasteiger partial charge in [0, 0.05) is 23.2 Å². The zero-order valence-electron chi connectivity index (χ0n) is 19.0. The Kier molecular flexibility index (Phi) is 7.97. The number of carbonyl (C=O) groups is 1. The van der Waals surface area contributed by atoms with Crippen LogP contribution in [0.2, 0.25) is 0 Å². The number of carbonyl (C=O) groups excluding carboxylic acids is 1. The highest BCUT2D eigenvalue weighted by molar-refractivity contribution is 8.00. The van der Waals surface area contributed by atoms with Crippen LogP contribution < -0.4 is 10.1 Å². The molecule has 0 spiro atoms. The Labute approximate surface area is 190 Å². The van der Waals surface area contributed by atoms with Crippen LogP contribution >= 0.6 is 11.8 Å². The highest BCUT2D eigenvalue weighted by Gasteiger charge is 2.25. The molecule has 1 N–H and O–H groups in total. The summed E-state index contributed by atoms with van der Waals surface area (Å²) >= 11 is 1.62. The quantitative estimate of drug-likeness (QED) is 0.529. The molecule has 0 saturated heterocycles. The molecule has 1 aliphatic rings. The van der Waals surface area contributed by atoms with Gasteiger partial charge >= 0.3 is 0 Å². The van der Waals surface area contributed by atoms with Crippen molar-refractivity contribution >= 4 is 29.1 Å². The van der Waals surface area contributed by atoms with Crippen molar-refractivity contribution in [1.29, 1.82) is 0 Å². The minimum atomic E-state index is 0.00848. The van der Waals surface area contributed by atoms with E-state index < -0.39 is 0 Å². The Balaban J connectivity index is 1.61. The molecular weight excluding hydrogens is 404 g/mol. The largest absolute Gasteiger partial charge is 0.497 e. The zero-order valence-corrected chi connectivity index (χ0v) is 19.8. The van der Waals surface area contributed by atoms with E-state index in [-0.39, 0.29) is 17.2 Å². The number of anilines is 1. The Bertz CT molecular complexity index is 966. The van der Waals surface area contributed by atoms with Crippen molar-refractivity contribution in [1.82, 2.24) is 0 Å². The van der Waals surface area contributed by atoms with Crippen molar-refractivity contribution in [3.8, 4) is 5.75 Å². The summed E-state index contributed by atoms with van der Waals surface area (Å²) in [4.78, 5) is 17.4. The number of hydrogen-bond donors (Lipinski definition) is 1. The van der Waals surface area contributed by atoms with Gasteiger partial charge < -0.3 is 10.1 Å². The van der Waals surface area contributed by atoms with Gasteiger partial charge in [-0.25, -0.2) is 0 Å². The van der Waals surface area contributed by atoms with Crippen LogP contribution in [-0.2, 0) is 4.79 Å². The molecule has 0 bridgehead atoms. The van der Waals surface area contributed by atoms with E-state index in [4.69, 9.17) is 9.73 Å². The SMILES string of the molecule is CCC1C(C)=CC(C)=NC1SCC(=O)Nc1cccc(C(C)c2ccc(OC)cc2)c1. The van der Waals surface area contributed by atoms with Crippen molar-refractivity contribution in [3.63, 3.8) is 0 Å². The van der Waals surface area contributed by atoms with E-state index >= 15 is 0 Å². The van der Waals surface area contributed by atoms with Crippen LogP contribution in [0.3, 0.4) is 0 Å². The first-order valence-corrected chi connectivity index (χ1v) is 11.8. The van der Waals surface area contributed by atoms with Crippen molar-refractivity contribution in [2.45, 2.75) is 45.4 Å². The van der Waals surface area contributed by atoms with E-state index in [1.54, 1.807) is 18.9 Å². The molecule has 0 aliphatic carbocycles. The van der Waals surface area contributed by atoms with Crippen LogP contribution in [0.25, 0.3) is 0 Å². The van der Waals surface area contributed by atoms with Gasteiger partial charge in [0.2, 0.25) is 5.91 Å². The lowest BCUT2D eigenvalue weighted by Crippen LogP contribution is -2.24. The smallest absolute Gasteiger partial charge is 0.234 e. The summed E-state index contributed by atoms with van der Waals surface area (Å²) in [7, 11) is 1.67. The number of ether oxygens (including phenoxy) is 1. The number of nitrogens with one attached hydrogen (secondary N) is 1. The lowest BCUT2D eigenvalue weighted by molar-refractivity contribution is -0.113. The van der Waals surface area contributed by atoms with E-state index in [0.29, 0.717) is 11.7 Å². The third kappa shape index (κ3) is 6.01. The van der Waals surface area contributed by atoms with Crippen LogP contribution in [0.5, 0.6) is 5.75 Å². The Morgan fingerprint density at radius 3 is 2.58 bits per heavy atom. The summed E-state index contributed by atoms with van der Waals surface area (Å²) in [6.07, 6.45) is 3.18. The number of dihydropyridines is 1. The normalized spacial score (nSPS) is 19.3. The molecule has 3 unspecified atom stereocenters. The summed E-state index contributed by atoms with van der Waals surface area (Å²) in [6.45, 7) is 8.54.